The number of carbonyl (C=O) groups is 2. The summed E-state index contributed by atoms with van der Waals surface area (Å²) in [5.41, 5.74) is 2.18. The van der Waals surface area contributed by atoms with E-state index < -0.39 is 11.8 Å². The predicted molar refractivity (Wildman–Crippen MR) is 84.5 cm³/mol. The lowest BCUT2D eigenvalue weighted by Crippen LogP contribution is -2.29. The molecule has 0 bridgehead atoms. The van der Waals surface area contributed by atoms with E-state index in [2.05, 4.69) is 10.6 Å². The summed E-state index contributed by atoms with van der Waals surface area (Å²) >= 11 is 0. The second-order valence-electron chi connectivity index (χ2n) is 4.72. The summed E-state index contributed by atoms with van der Waals surface area (Å²) in [5.74, 6) is -1.39. The van der Waals surface area contributed by atoms with E-state index in [1.165, 1.54) is 0 Å². The number of hydrogen-bond donors (Lipinski definition) is 2. The zero-order valence-electron chi connectivity index (χ0n) is 12.0. The number of nitrogens with one attached hydrogen (secondary N) is 2. The number of hydrogen-bond acceptors (Lipinski definition) is 3. The van der Waals surface area contributed by atoms with Crippen LogP contribution in [0.2, 0.25) is 0 Å². The molecular weight excluding hydrogens is 266 g/mol. The van der Waals surface area contributed by atoms with Crippen molar-refractivity contribution in [3.05, 3.63) is 54.6 Å². The lowest BCUT2D eigenvalue weighted by molar-refractivity contribution is -0.132. The van der Waals surface area contributed by atoms with Crippen molar-refractivity contribution >= 4 is 28.9 Å². The Bertz CT molecular complexity index is 622. The molecule has 0 unspecified atom stereocenters. The minimum atomic E-state index is -0.698. The number of carbonyl (C=O) groups excluding carboxylic acids is 2. The standard InChI is InChI=1S/C16H17N3O2/c1-19(2)14-10-8-13(9-11-14)18-16(21)15(20)17-12-6-4-3-5-7-12/h3-11H,1-2H3,(H,17,20)(H,18,21). The highest BCUT2D eigenvalue weighted by molar-refractivity contribution is 6.43. The van der Waals surface area contributed by atoms with Crippen LogP contribution in [-0.2, 0) is 9.59 Å². The number of benzene rings is 2. The summed E-state index contributed by atoms with van der Waals surface area (Å²) < 4.78 is 0. The van der Waals surface area contributed by atoms with Gasteiger partial charge in [0.25, 0.3) is 0 Å². The largest absolute Gasteiger partial charge is 0.378 e. The molecule has 0 radical (unpaired) electrons. The smallest absolute Gasteiger partial charge is 0.314 e. The molecule has 108 valence electrons. The van der Waals surface area contributed by atoms with Crippen LogP contribution in [0.1, 0.15) is 0 Å². The lowest BCUT2D eigenvalue weighted by atomic mass is 10.2. The van der Waals surface area contributed by atoms with Crippen LogP contribution in [0.5, 0.6) is 0 Å². The fraction of sp³-hybridized carbons (Fsp3) is 0.125. The van der Waals surface area contributed by atoms with Crippen molar-refractivity contribution in [3.8, 4) is 0 Å². The number of anilines is 3. The highest BCUT2D eigenvalue weighted by atomic mass is 16.2. The van der Waals surface area contributed by atoms with Crippen molar-refractivity contribution in [2.45, 2.75) is 0 Å². The molecule has 2 aromatic carbocycles. The molecule has 21 heavy (non-hydrogen) atoms. The Balaban J connectivity index is 1.96. The summed E-state index contributed by atoms with van der Waals surface area (Å²) in [6, 6.07) is 16.1. The van der Waals surface area contributed by atoms with Crippen LogP contribution in [0.15, 0.2) is 54.6 Å². The molecule has 0 atom stereocenters. The van der Waals surface area contributed by atoms with E-state index in [1.54, 1.807) is 36.4 Å². The van der Waals surface area contributed by atoms with Gasteiger partial charge in [0.15, 0.2) is 0 Å². The number of rotatable bonds is 3. The van der Waals surface area contributed by atoms with E-state index in [1.807, 2.05) is 37.2 Å². The SMILES string of the molecule is CN(C)c1ccc(NC(=O)C(=O)Nc2ccccc2)cc1. The second-order valence-corrected chi connectivity index (χ2v) is 4.72. The van der Waals surface area contributed by atoms with E-state index in [9.17, 15) is 9.59 Å². The monoisotopic (exact) mass is 283 g/mol. The molecule has 5 heteroatoms. The van der Waals surface area contributed by atoms with Gasteiger partial charge < -0.3 is 15.5 Å². The van der Waals surface area contributed by atoms with Crippen LogP contribution >= 0.6 is 0 Å². The first-order chi connectivity index (χ1) is 10.1. The Morgan fingerprint density at radius 2 is 1.24 bits per heavy atom. The van der Waals surface area contributed by atoms with E-state index in [0.717, 1.165) is 5.69 Å². The number of amides is 2. The maximum atomic E-state index is 11.8. The predicted octanol–water partition coefficient (Wildman–Crippen LogP) is 2.33. The van der Waals surface area contributed by atoms with Gasteiger partial charge >= 0.3 is 11.8 Å². The van der Waals surface area contributed by atoms with Crippen molar-refractivity contribution in [2.75, 3.05) is 29.6 Å². The fourth-order valence-corrected chi connectivity index (χ4v) is 1.74. The van der Waals surface area contributed by atoms with Crippen molar-refractivity contribution in [3.63, 3.8) is 0 Å². The maximum Gasteiger partial charge on any atom is 0.314 e. The fourth-order valence-electron chi connectivity index (χ4n) is 1.74. The van der Waals surface area contributed by atoms with Crippen LogP contribution < -0.4 is 15.5 Å². The summed E-state index contributed by atoms with van der Waals surface area (Å²) in [6.07, 6.45) is 0. The third-order valence-corrected chi connectivity index (χ3v) is 2.88. The molecule has 0 aromatic heterocycles. The van der Waals surface area contributed by atoms with Crippen molar-refractivity contribution in [1.82, 2.24) is 0 Å². The van der Waals surface area contributed by atoms with Crippen molar-refractivity contribution in [2.24, 2.45) is 0 Å². The Labute approximate surface area is 123 Å². The topological polar surface area (TPSA) is 61.4 Å². The molecule has 0 saturated heterocycles. The van der Waals surface area contributed by atoms with Gasteiger partial charge in [-0.3, -0.25) is 9.59 Å². The summed E-state index contributed by atoms with van der Waals surface area (Å²) in [6.45, 7) is 0. The second kappa shape index (κ2) is 6.56. The number of nitrogens with zero attached hydrogens (tertiary/aromatic N) is 1. The zero-order valence-corrected chi connectivity index (χ0v) is 12.0. The quantitative estimate of drug-likeness (QED) is 0.850. The average Bonchev–Trinajstić information content (AvgIpc) is 2.48. The molecular formula is C16H17N3O2. The van der Waals surface area contributed by atoms with Gasteiger partial charge in [0, 0.05) is 31.2 Å². The van der Waals surface area contributed by atoms with Gasteiger partial charge in [0.05, 0.1) is 0 Å². The number of para-hydroxylation sites is 1. The molecule has 2 N–H and O–H groups in total. The molecule has 0 aliphatic rings. The maximum absolute atomic E-state index is 11.8. The van der Waals surface area contributed by atoms with E-state index >= 15 is 0 Å². The van der Waals surface area contributed by atoms with E-state index in [0.29, 0.717) is 11.4 Å². The molecule has 0 aliphatic heterocycles. The first-order valence-electron chi connectivity index (χ1n) is 6.51. The molecule has 2 aromatic rings. The summed E-state index contributed by atoms with van der Waals surface area (Å²) in [5, 5.41) is 5.09. The van der Waals surface area contributed by atoms with Crippen LogP contribution in [-0.4, -0.2) is 25.9 Å². The Morgan fingerprint density at radius 3 is 1.71 bits per heavy atom. The third kappa shape index (κ3) is 4.07. The van der Waals surface area contributed by atoms with Gasteiger partial charge in [-0.15, -0.1) is 0 Å². The molecule has 0 aliphatic carbocycles. The molecule has 0 fully saturated rings. The molecule has 0 spiro atoms. The first kappa shape index (κ1) is 14.6. The minimum absolute atomic E-state index is 0.578. The Morgan fingerprint density at radius 1 is 0.762 bits per heavy atom. The van der Waals surface area contributed by atoms with Gasteiger partial charge in [0.1, 0.15) is 0 Å². The normalized spacial score (nSPS) is 9.81. The highest BCUT2D eigenvalue weighted by Crippen LogP contribution is 2.15. The molecule has 0 heterocycles. The van der Waals surface area contributed by atoms with Gasteiger partial charge in [0.2, 0.25) is 0 Å². The van der Waals surface area contributed by atoms with E-state index in [-0.39, 0.29) is 0 Å². The minimum Gasteiger partial charge on any atom is -0.378 e. The summed E-state index contributed by atoms with van der Waals surface area (Å²) in [7, 11) is 3.86. The van der Waals surface area contributed by atoms with Crippen LogP contribution in [0.3, 0.4) is 0 Å². The first-order valence-corrected chi connectivity index (χ1v) is 6.51. The van der Waals surface area contributed by atoms with Crippen molar-refractivity contribution < 1.29 is 9.59 Å². The van der Waals surface area contributed by atoms with Gasteiger partial charge in [-0.1, -0.05) is 18.2 Å². The lowest BCUT2D eigenvalue weighted by Gasteiger charge is -2.13. The molecule has 0 saturated carbocycles. The van der Waals surface area contributed by atoms with Crippen LogP contribution in [0.25, 0.3) is 0 Å². The third-order valence-electron chi connectivity index (χ3n) is 2.88. The Kier molecular flexibility index (Phi) is 4.56. The van der Waals surface area contributed by atoms with E-state index in [4.69, 9.17) is 0 Å². The van der Waals surface area contributed by atoms with Crippen molar-refractivity contribution in [1.29, 1.82) is 0 Å². The zero-order chi connectivity index (χ0) is 15.2. The van der Waals surface area contributed by atoms with Crippen LogP contribution in [0.4, 0.5) is 17.1 Å². The molecule has 5 nitrogen and oxygen atoms in total. The molecule has 2 amide bonds. The van der Waals surface area contributed by atoms with Crippen LogP contribution in [0, 0.1) is 0 Å². The molecule has 2 rings (SSSR count). The van der Waals surface area contributed by atoms with Gasteiger partial charge in [-0.05, 0) is 36.4 Å². The Hall–Kier alpha value is -2.82. The highest BCUT2D eigenvalue weighted by Gasteiger charge is 2.13. The average molecular weight is 283 g/mol. The van der Waals surface area contributed by atoms with Gasteiger partial charge in [-0.2, -0.15) is 0 Å². The van der Waals surface area contributed by atoms with Gasteiger partial charge in [-0.25, -0.2) is 0 Å². The summed E-state index contributed by atoms with van der Waals surface area (Å²) in [4.78, 5) is 25.5.